The van der Waals surface area contributed by atoms with Gasteiger partial charge >= 0.3 is 5.97 Å². The molecule has 1 heterocycles. The molecule has 0 radical (unpaired) electrons. The summed E-state index contributed by atoms with van der Waals surface area (Å²) in [5.41, 5.74) is 2.57. The second-order valence-corrected chi connectivity index (χ2v) is 10.1. The average molecular weight is 339 g/mol. The third kappa shape index (κ3) is 1.69. The largest absolute Gasteiger partial charge is 0.458 e. The summed E-state index contributed by atoms with van der Waals surface area (Å²) in [5.74, 6) is 4.76. The number of ether oxygens (including phenoxy) is 1. The van der Waals surface area contributed by atoms with Gasteiger partial charge in [-0.1, -0.05) is 12.5 Å². The minimum Gasteiger partial charge on any atom is -0.458 e. The van der Waals surface area contributed by atoms with Crippen molar-refractivity contribution in [3.05, 3.63) is 11.6 Å². The second kappa shape index (κ2) is 4.58. The van der Waals surface area contributed by atoms with Gasteiger partial charge in [-0.05, 0) is 87.0 Å². The van der Waals surface area contributed by atoms with E-state index in [1.165, 1.54) is 38.5 Å². The van der Waals surface area contributed by atoms with Gasteiger partial charge in [0.25, 0.3) is 0 Å². The van der Waals surface area contributed by atoms with Gasteiger partial charge in [0.15, 0.2) is 0 Å². The van der Waals surface area contributed by atoms with E-state index in [1.54, 1.807) is 5.57 Å². The van der Waals surface area contributed by atoms with Crippen molar-refractivity contribution >= 4 is 11.7 Å². The van der Waals surface area contributed by atoms with E-state index in [2.05, 4.69) is 13.0 Å². The number of hydrogen-bond acceptors (Lipinski definition) is 3. The van der Waals surface area contributed by atoms with Crippen LogP contribution in [0.2, 0.25) is 0 Å². The summed E-state index contributed by atoms with van der Waals surface area (Å²) < 4.78 is 6.16. The van der Waals surface area contributed by atoms with Gasteiger partial charge in [-0.3, -0.25) is 4.79 Å². The number of carbonyl (C=O) groups excluding carboxylic acids is 1. The zero-order chi connectivity index (χ0) is 17.0. The minimum absolute atomic E-state index is 0.0642. The van der Waals surface area contributed by atoms with Crippen molar-refractivity contribution in [1.29, 1.82) is 5.41 Å². The first-order chi connectivity index (χ1) is 12.0. The Kier molecular flexibility index (Phi) is 2.75. The van der Waals surface area contributed by atoms with Crippen LogP contribution in [0.4, 0.5) is 0 Å². The summed E-state index contributed by atoms with van der Waals surface area (Å²) in [6.45, 7) is 2.49. The summed E-state index contributed by atoms with van der Waals surface area (Å²) in [5, 5.41) is 8.03. The molecule has 6 rings (SSSR count). The lowest BCUT2D eigenvalue weighted by atomic mass is 9.49. The zero-order valence-corrected chi connectivity index (χ0v) is 15.2. The lowest BCUT2D eigenvalue weighted by molar-refractivity contribution is -0.174. The van der Waals surface area contributed by atoms with E-state index < -0.39 is 0 Å². The Bertz CT molecular complexity index is 711. The molecule has 0 aromatic carbocycles. The molecule has 0 bridgehead atoms. The number of allylic oxidation sites excluding steroid dienone is 2. The van der Waals surface area contributed by atoms with Gasteiger partial charge in [0, 0.05) is 23.5 Å². The van der Waals surface area contributed by atoms with Crippen LogP contribution in [-0.2, 0) is 9.53 Å². The molecule has 5 unspecified atom stereocenters. The highest BCUT2D eigenvalue weighted by Crippen LogP contribution is 2.78. The van der Waals surface area contributed by atoms with Crippen LogP contribution < -0.4 is 0 Å². The number of hydrogen-bond donors (Lipinski definition) is 1. The van der Waals surface area contributed by atoms with Gasteiger partial charge < -0.3 is 10.1 Å². The Morgan fingerprint density at radius 3 is 2.76 bits per heavy atom. The SMILES string of the molecule is C[C@]12CCC3C(CCC4=CC(=N)CC[C@@H]43)C1C1CC1[C@@]21CCC(=O)O1. The van der Waals surface area contributed by atoms with Crippen LogP contribution >= 0.6 is 0 Å². The van der Waals surface area contributed by atoms with Crippen LogP contribution in [0.5, 0.6) is 0 Å². The molecular formula is C22H29NO2. The molecular weight excluding hydrogens is 310 g/mol. The normalized spacial score (nSPS) is 55.8. The van der Waals surface area contributed by atoms with Crippen molar-refractivity contribution in [2.75, 3.05) is 0 Å². The van der Waals surface area contributed by atoms with Gasteiger partial charge in [0.2, 0.25) is 0 Å². The molecule has 3 nitrogen and oxygen atoms in total. The maximum Gasteiger partial charge on any atom is 0.306 e. The van der Waals surface area contributed by atoms with Gasteiger partial charge in [0.05, 0.1) is 0 Å². The monoisotopic (exact) mass is 339 g/mol. The molecule has 8 atom stereocenters. The first kappa shape index (κ1) is 15.0. The fourth-order valence-corrected chi connectivity index (χ4v) is 8.57. The molecule has 6 aliphatic rings. The van der Waals surface area contributed by atoms with Crippen molar-refractivity contribution in [1.82, 2.24) is 0 Å². The van der Waals surface area contributed by atoms with Crippen LogP contribution in [0.15, 0.2) is 11.6 Å². The molecule has 1 N–H and O–H groups in total. The molecule has 5 fully saturated rings. The standard InChI is InChI=1S/C22H29NO2/c1-21-8-6-15-14-5-3-13(23)10-12(14)2-4-16(15)20(21)17-11-18(17)22(21)9-7-19(24)25-22/h10,14-18,20,23H,2-9,11H2,1H3/t14-,15?,16?,17?,18?,20?,21-,22-/m0/s1. The lowest BCUT2D eigenvalue weighted by Crippen LogP contribution is -2.55. The van der Waals surface area contributed by atoms with E-state index in [0.29, 0.717) is 12.3 Å². The first-order valence-electron chi connectivity index (χ1n) is 10.5. The van der Waals surface area contributed by atoms with Crippen molar-refractivity contribution in [2.45, 2.75) is 70.3 Å². The predicted molar refractivity (Wildman–Crippen MR) is 95.2 cm³/mol. The zero-order valence-electron chi connectivity index (χ0n) is 15.2. The molecule has 3 heteroatoms. The Balaban J connectivity index is 1.37. The maximum absolute atomic E-state index is 12.0. The molecule has 5 aliphatic carbocycles. The Morgan fingerprint density at radius 2 is 1.96 bits per heavy atom. The molecule has 0 aromatic heterocycles. The van der Waals surface area contributed by atoms with Crippen molar-refractivity contribution in [3.63, 3.8) is 0 Å². The smallest absolute Gasteiger partial charge is 0.306 e. The summed E-state index contributed by atoms with van der Waals surface area (Å²) in [6, 6.07) is 0. The summed E-state index contributed by atoms with van der Waals surface area (Å²) in [7, 11) is 0. The number of rotatable bonds is 0. The van der Waals surface area contributed by atoms with Crippen LogP contribution in [0.1, 0.15) is 64.7 Å². The van der Waals surface area contributed by atoms with Crippen molar-refractivity contribution < 1.29 is 9.53 Å². The molecule has 1 spiro atoms. The highest BCUT2D eigenvalue weighted by atomic mass is 16.6. The minimum atomic E-state index is -0.102. The average Bonchev–Trinajstić information content (AvgIpc) is 3.23. The van der Waals surface area contributed by atoms with Gasteiger partial charge in [-0.2, -0.15) is 0 Å². The molecule has 25 heavy (non-hydrogen) atoms. The van der Waals surface area contributed by atoms with Gasteiger partial charge in [0.1, 0.15) is 5.60 Å². The fourth-order valence-electron chi connectivity index (χ4n) is 8.57. The topological polar surface area (TPSA) is 50.2 Å². The van der Waals surface area contributed by atoms with Crippen molar-refractivity contribution in [2.24, 2.45) is 40.9 Å². The molecule has 1 saturated heterocycles. The quantitative estimate of drug-likeness (QED) is 0.660. The van der Waals surface area contributed by atoms with Crippen LogP contribution in [0.3, 0.4) is 0 Å². The number of fused-ring (bicyclic) bond motifs is 9. The number of esters is 1. The van der Waals surface area contributed by atoms with Gasteiger partial charge in [-0.15, -0.1) is 0 Å². The van der Waals surface area contributed by atoms with E-state index in [-0.39, 0.29) is 17.0 Å². The van der Waals surface area contributed by atoms with E-state index >= 15 is 0 Å². The molecule has 1 aliphatic heterocycles. The third-order valence-electron chi connectivity index (χ3n) is 9.45. The maximum atomic E-state index is 12.0. The van der Waals surface area contributed by atoms with E-state index in [0.717, 1.165) is 48.1 Å². The van der Waals surface area contributed by atoms with Crippen LogP contribution in [0.25, 0.3) is 0 Å². The Morgan fingerprint density at radius 1 is 1.08 bits per heavy atom. The second-order valence-electron chi connectivity index (χ2n) is 10.1. The van der Waals surface area contributed by atoms with Crippen molar-refractivity contribution in [3.8, 4) is 0 Å². The fraction of sp³-hybridized carbons (Fsp3) is 0.818. The molecule has 0 aromatic rings. The number of nitrogens with one attached hydrogen (secondary N) is 1. The summed E-state index contributed by atoms with van der Waals surface area (Å²) in [6.07, 6.45) is 12.4. The van der Waals surface area contributed by atoms with Crippen LogP contribution in [-0.4, -0.2) is 17.3 Å². The highest BCUT2D eigenvalue weighted by molar-refractivity contribution is 5.93. The number of carbonyl (C=O) groups is 1. The predicted octanol–water partition coefficient (Wildman–Crippen LogP) is 4.51. The molecule has 4 saturated carbocycles. The Labute approximate surface area is 150 Å². The van der Waals surface area contributed by atoms with E-state index in [1.807, 2.05) is 0 Å². The lowest BCUT2D eigenvalue weighted by Gasteiger charge is -2.57. The van der Waals surface area contributed by atoms with E-state index in [4.69, 9.17) is 10.1 Å². The highest BCUT2D eigenvalue weighted by Gasteiger charge is 2.78. The van der Waals surface area contributed by atoms with E-state index in [9.17, 15) is 4.79 Å². The first-order valence-corrected chi connectivity index (χ1v) is 10.5. The summed E-state index contributed by atoms with van der Waals surface area (Å²) in [4.78, 5) is 12.0. The molecule has 134 valence electrons. The summed E-state index contributed by atoms with van der Waals surface area (Å²) >= 11 is 0. The Hall–Kier alpha value is -1.12. The van der Waals surface area contributed by atoms with Gasteiger partial charge in [-0.25, -0.2) is 0 Å². The molecule has 0 amide bonds. The third-order valence-corrected chi connectivity index (χ3v) is 9.45. The van der Waals surface area contributed by atoms with Crippen LogP contribution in [0, 0.1) is 46.3 Å².